The van der Waals surface area contributed by atoms with Crippen LogP contribution >= 0.6 is 0 Å². The molecule has 0 fully saturated rings. The SMILES string of the molecule is C=C(C)c1cccc(C(C)(C)NC(=O)OCCOc2ccc(OCCOc3cc(O)c4c(c3N)C(=O)c3ccccc3C4=O)cc2)c1. The Hall–Kier alpha value is -5.77. The van der Waals surface area contributed by atoms with E-state index in [0.717, 1.165) is 16.7 Å². The molecule has 0 atom stereocenters. The molecule has 0 unspecified atom stereocenters. The second-order valence-electron chi connectivity index (χ2n) is 11.5. The number of rotatable bonds is 12. The Morgan fingerprint density at radius 2 is 1.38 bits per heavy atom. The topological polar surface area (TPSA) is 146 Å². The number of phenolic OH excluding ortho intramolecular Hbond substituents is 1. The van der Waals surface area contributed by atoms with E-state index in [-0.39, 0.29) is 65.9 Å². The molecule has 0 saturated heterocycles. The van der Waals surface area contributed by atoms with E-state index in [9.17, 15) is 19.5 Å². The van der Waals surface area contributed by atoms with E-state index in [1.165, 1.54) is 12.1 Å². The first-order chi connectivity index (χ1) is 22.5. The van der Waals surface area contributed by atoms with E-state index in [4.69, 9.17) is 24.7 Å². The first-order valence-electron chi connectivity index (χ1n) is 15.0. The van der Waals surface area contributed by atoms with Crippen molar-refractivity contribution in [1.82, 2.24) is 5.32 Å². The van der Waals surface area contributed by atoms with Gasteiger partial charge < -0.3 is 35.1 Å². The van der Waals surface area contributed by atoms with Crippen molar-refractivity contribution in [2.24, 2.45) is 0 Å². The van der Waals surface area contributed by atoms with Crippen LogP contribution in [-0.4, -0.2) is 49.2 Å². The molecule has 10 nitrogen and oxygen atoms in total. The third kappa shape index (κ3) is 7.22. The normalized spacial score (nSPS) is 12.1. The first-order valence-corrected chi connectivity index (χ1v) is 15.0. The Morgan fingerprint density at radius 1 is 0.809 bits per heavy atom. The van der Waals surface area contributed by atoms with E-state index >= 15 is 0 Å². The van der Waals surface area contributed by atoms with Crippen LogP contribution in [0.1, 0.15) is 63.7 Å². The van der Waals surface area contributed by atoms with Crippen LogP contribution in [-0.2, 0) is 10.3 Å². The van der Waals surface area contributed by atoms with Crippen LogP contribution in [0.4, 0.5) is 10.5 Å². The van der Waals surface area contributed by atoms with E-state index in [1.54, 1.807) is 42.5 Å². The monoisotopic (exact) mass is 636 g/mol. The molecule has 4 aromatic rings. The molecule has 0 bridgehead atoms. The van der Waals surface area contributed by atoms with E-state index < -0.39 is 23.2 Å². The molecule has 1 aliphatic carbocycles. The smallest absolute Gasteiger partial charge is 0.407 e. The first kappa shape index (κ1) is 32.6. The molecular formula is C37H36N2O8. The lowest BCUT2D eigenvalue weighted by Crippen LogP contribution is -2.41. The summed E-state index contributed by atoms with van der Waals surface area (Å²) in [7, 11) is 0. The number of carbonyl (C=O) groups is 3. The number of allylic oxidation sites excluding steroid dienone is 1. The van der Waals surface area contributed by atoms with Gasteiger partial charge in [0.2, 0.25) is 0 Å². The lowest BCUT2D eigenvalue weighted by molar-refractivity contribution is 0.0977. The highest BCUT2D eigenvalue weighted by Gasteiger charge is 2.35. The number of ketones is 2. The van der Waals surface area contributed by atoms with Crippen molar-refractivity contribution in [3.8, 4) is 23.0 Å². The number of ether oxygens (including phenoxy) is 4. The Balaban J connectivity index is 1.06. The zero-order valence-corrected chi connectivity index (χ0v) is 26.4. The number of benzene rings is 4. The number of carbonyl (C=O) groups excluding carboxylic acids is 3. The molecule has 0 radical (unpaired) electrons. The van der Waals surface area contributed by atoms with E-state index in [1.807, 2.05) is 45.0 Å². The summed E-state index contributed by atoms with van der Waals surface area (Å²) < 4.78 is 22.4. The third-order valence-corrected chi connectivity index (χ3v) is 7.69. The largest absolute Gasteiger partial charge is 0.507 e. The van der Waals surface area contributed by atoms with Crippen molar-refractivity contribution in [3.05, 3.63) is 119 Å². The molecule has 0 spiro atoms. The number of nitrogen functional groups attached to an aromatic ring is 1. The molecule has 0 saturated carbocycles. The molecule has 1 aliphatic rings. The molecule has 4 N–H and O–H groups in total. The minimum absolute atomic E-state index is 0.0225. The average Bonchev–Trinajstić information content (AvgIpc) is 3.05. The summed E-state index contributed by atoms with van der Waals surface area (Å²) >= 11 is 0. The second kappa shape index (κ2) is 13.7. The van der Waals surface area contributed by atoms with Crippen molar-refractivity contribution in [3.63, 3.8) is 0 Å². The Kier molecular flexibility index (Phi) is 9.51. The van der Waals surface area contributed by atoms with Crippen LogP contribution < -0.4 is 25.3 Å². The van der Waals surface area contributed by atoms with Crippen molar-refractivity contribution in [2.45, 2.75) is 26.3 Å². The van der Waals surface area contributed by atoms with Crippen LogP contribution in [0.15, 0.2) is 85.4 Å². The van der Waals surface area contributed by atoms with Gasteiger partial charge in [-0.2, -0.15) is 0 Å². The van der Waals surface area contributed by atoms with Gasteiger partial charge in [-0.15, -0.1) is 0 Å². The molecule has 242 valence electrons. The highest BCUT2D eigenvalue weighted by atomic mass is 16.6. The summed E-state index contributed by atoms with van der Waals surface area (Å²) in [6.07, 6.45) is -0.553. The number of fused-ring (bicyclic) bond motifs is 2. The van der Waals surface area contributed by atoms with Gasteiger partial charge >= 0.3 is 6.09 Å². The fourth-order valence-electron chi connectivity index (χ4n) is 5.17. The van der Waals surface area contributed by atoms with Gasteiger partial charge in [-0.05, 0) is 62.2 Å². The number of aromatic hydroxyl groups is 1. The zero-order valence-electron chi connectivity index (χ0n) is 26.4. The molecule has 0 aliphatic heterocycles. The standard InChI is InChI=1S/C37H36N2O8/c1-22(2)23-8-7-9-24(20-23)37(3,4)39-36(43)47-19-17-45-26-14-12-25(13-15-26)44-16-18-46-30-21-29(40)31-32(33(30)38)35(42)28-11-6-5-10-27(28)34(31)41/h5-15,20-21,40H,1,16-19,38H2,2-4H3,(H,39,43). The maximum absolute atomic E-state index is 13.1. The van der Waals surface area contributed by atoms with Crippen LogP contribution in [0.5, 0.6) is 23.0 Å². The minimum Gasteiger partial charge on any atom is -0.507 e. The van der Waals surface area contributed by atoms with E-state index in [2.05, 4.69) is 11.9 Å². The summed E-state index contributed by atoms with van der Waals surface area (Å²) in [6, 6.07) is 22.3. The fourth-order valence-corrected chi connectivity index (χ4v) is 5.17. The number of anilines is 1. The number of hydrogen-bond donors (Lipinski definition) is 3. The minimum atomic E-state index is -0.647. The predicted molar refractivity (Wildman–Crippen MR) is 177 cm³/mol. The Morgan fingerprint density at radius 3 is 2.00 bits per heavy atom. The summed E-state index contributed by atoms with van der Waals surface area (Å²) in [5.74, 6) is -0.119. The van der Waals surface area contributed by atoms with Gasteiger partial charge in [0.15, 0.2) is 11.6 Å². The number of phenols is 1. The highest BCUT2D eigenvalue weighted by molar-refractivity contribution is 6.31. The van der Waals surface area contributed by atoms with Gasteiger partial charge in [-0.1, -0.05) is 54.6 Å². The average molecular weight is 637 g/mol. The molecule has 4 aromatic carbocycles. The Bertz CT molecular complexity index is 1850. The molecule has 47 heavy (non-hydrogen) atoms. The number of nitrogens with one attached hydrogen (secondary N) is 1. The van der Waals surface area contributed by atoms with Gasteiger partial charge in [0.1, 0.15) is 49.4 Å². The van der Waals surface area contributed by atoms with Crippen molar-refractivity contribution in [2.75, 3.05) is 32.2 Å². The maximum Gasteiger partial charge on any atom is 0.407 e. The molecule has 5 rings (SSSR count). The van der Waals surface area contributed by atoms with E-state index in [0.29, 0.717) is 11.5 Å². The molecular weight excluding hydrogens is 600 g/mol. The summed E-state index contributed by atoms with van der Waals surface area (Å²) in [5.41, 5.74) is 8.68. The lowest BCUT2D eigenvalue weighted by Gasteiger charge is -2.27. The summed E-state index contributed by atoms with van der Waals surface area (Å²) in [6.45, 7) is 10.1. The Labute approximate surface area is 272 Å². The van der Waals surface area contributed by atoms with Gasteiger partial charge in [-0.3, -0.25) is 9.59 Å². The van der Waals surface area contributed by atoms with Gasteiger partial charge in [-0.25, -0.2) is 4.79 Å². The molecule has 10 heteroatoms. The van der Waals surface area contributed by atoms with Crippen molar-refractivity contribution in [1.29, 1.82) is 0 Å². The zero-order chi connectivity index (χ0) is 33.7. The predicted octanol–water partition coefficient (Wildman–Crippen LogP) is 6.28. The lowest BCUT2D eigenvalue weighted by atomic mass is 9.82. The van der Waals surface area contributed by atoms with Crippen LogP contribution in [0, 0.1) is 0 Å². The number of alkyl carbamates (subject to hydrolysis) is 1. The summed E-state index contributed by atoms with van der Waals surface area (Å²) in [5, 5.41) is 13.5. The van der Waals surface area contributed by atoms with Crippen molar-refractivity contribution < 1.29 is 38.4 Å². The number of amides is 1. The van der Waals surface area contributed by atoms with Gasteiger partial charge in [0.05, 0.1) is 22.4 Å². The van der Waals surface area contributed by atoms with Crippen LogP contribution in [0.2, 0.25) is 0 Å². The molecule has 0 aromatic heterocycles. The fraction of sp³-hybridized carbons (Fsp3) is 0.216. The van der Waals surface area contributed by atoms with Crippen molar-refractivity contribution >= 4 is 28.9 Å². The third-order valence-electron chi connectivity index (χ3n) is 7.69. The quantitative estimate of drug-likeness (QED) is 0.0818. The second-order valence-corrected chi connectivity index (χ2v) is 11.5. The molecule has 1 amide bonds. The number of hydrogen-bond acceptors (Lipinski definition) is 9. The highest BCUT2D eigenvalue weighted by Crippen LogP contribution is 2.41. The van der Waals surface area contributed by atoms with Crippen LogP contribution in [0.3, 0.4) is 0 Å². The summed E-state index contributed by atoms with van der Waals surface area (Å²) in [4.78, 5) is 38.4. The number of nitrogens with two attached hydrogens (primary N) is 1. The van der Waals surface area contributed by atoms with Gasteiger partial charge in [0.25, 0.3) is 0 Å². The molecule has 0 heterocycles. The van der Waals surface area contributed by atoms with Gasteiger partial charge in [0, 0.05) is 17.2 Å². The van der Waals surface area contributed by atoms with Crippen LogP contribution in [0.25, 0.3) is 5.57 Å². The maximum atomic E-state index is 13.1.